The van der Waals surface area contributed by atoms with Crippen LogP contribution in [0.3, 0.4) is 0 Å². The van der Waals surface area contributed by atoms with Gasteiger partial charge < -0.3 is 9.84 Å². The van der Waals surface area contributed by atoms with Crippen LogP contribution >= 0.6 is 0 Å². The second-order valence-corrected chi connectivity index (χ2v) is 9.67. The van der Waals surface area contributed by atoms with Crippen molar-refractivity contribution in [1.82, 2.24) is 4.98 Å². The van der Waals surface area contributed by atoms with E-state index in [2.05, 4.69) is 4.98 Å². The maximum Gasteiger partial charge on any atom is 0.417 e. The third-order valence-corrected chi connectivity index (χ3v) is 7.65. The van der Waals surface area contributed by atoms with Gasteiger partial charge in [0.25, 0.3) is 0 Å². The summed E-state index contributed by atoms with van der Waals surface area (Å²) in [5.41, 5.74) is 0.0190. The molecule has 0 spiro atoms. The van der Waals surface area contributed by atoms with Crippen LogP contribution in [0.1, 0.15) is 31.0 Å². The Hall–Kier alpha value is -2.46. The number of halogens is 3. The Morgan fingerprint density at radius 1 is 1.19 bits per heavy atom. The van der Waals surface area contributed by atoms with Crippen LogP contribution in [0.5, 0.6) is 0 Å². The van der Waals surface area contributed by atoms with Crippen LogP contribution in [0.25, 0.3) is 11.1 Å². The van der Waals surface area contributed by atoms with Crippen molar-refractivity contribution in [3.05, 3.63) is 47.8 Å². The SMILES string of the molecule is CCO[C@H]1C[C@@H](S(=O)(=O)c2ccc(-c3ccnc(C)c3)cc2C(F)(F)F)C[C@@H]1C(=O)O. The summed E-state index contributed by atoms with van der Waals surface area (Å²) in [6.07, 6.45) is -4.79. The Morgan fingerprint density at radius 2 is 1.87 bits per heavy atom. The molecule has 1 aromatic heterocycles. The highest BCUT2D eigenvalue weighted by atomic mass is 32.2. The summed E-state index contributed by atoms with van der Waals surface area (Å²) in [6, 6.07) is 6.22. The van der Waals surface area contributed by atoms with Crippen molar-refractivity contribution < 1.29 is 36.2 Å². The number of carbonyl (C=O) groups is 1. The van der Waals surface area contributed by atoms with Gasteiger partial charge in [0.15, 0.2) is 9.84 Å². The van der Waals surface area contributed by atoms with E-state index in [4.69, 9.17) is 4.74 Å². The van der Waals surface area contributed by atoms with Crippen LogP contribution in [0.4, 0.5) is 13.2 Å². The summed E-state index contributed by atoms with van der Waals surface area (Å²) in [7, 11) is -4.45. The molecule has 0 radical (unpaired) electrons. The van der Waals surface area contributed by atoms with Gasteiger partial charge >= 0.3 is 12.1 Å². The third kappa shape index (κ3) is 4.74. The monoisotopic (exact) mass is 457 g/mol. The first kappa shape index (κ1) is 23.2. The minimum atomic E-state index is -4.91. The van der Waals surface area contributed by atoms with Crippen LogP contribution < -0.4 is 0 Å². The molecule has 1 aliphatic carbocycles. The summed E-state index contributed by atoms with van der Waals surface area (Å²) in [4.78, 5) is 14.7. The van der Waals surface area contributed by atoms with Gasteiger partial charge in [-0.05, 0) is 62.1 Å². The number of hydrogen-bond acceptors (Lipinski definition) is 5. The molecule has 1 aromatic carbocycles. The van der Waals surface area contributed by atoms with Crippen molar-refractivity contribution >= 4 is 15.8 Å². The predicted molar refractivity (Wildman–Crippen MR) is 106 cm³/mol. The number of sulfone groups is 1. The molecule has 0 amide bonds. The number of aryl methyl sites for hydroxylation is 1. The number of nitrogens with zero attached hydrogens (tertiary/aromatic N) is 1. The lowest BCUT2D eigenvalue weighted by molar-refractivity contribution is -0.146. The second-order valence-electron chi connectivity index (χ2n) is 7.47. The zero-order valence-corrected chi connectivity index (χ0v) is 17.7. The number of rotatable bonds is 6. The highest BCUT2D eigenvalue weighted by molar-refractivity contribution is 7.92. The Kier molecular flexibility index (Phi) is 6.43. The molecule has 1 fully saturated rings. The molecule has 0 saturated heterocycles. The summed E-state index contributed by atoms with van der Waals surface area (Å²) < 4.78 is 73.2. The lowest BCUT2D eigenvalue weighted by Gasteiger charge is -2.18. The van der Waals surface area contributed by atoms with E-state index in [-0.39, 0.29) is 25.0 Å². The average Bonchev–Trinajstić information content (AvgIpc) is 3.12. The molecule has 3 rings (SSSR count). The predicted octanol–water partition coefficient (Wildman–Crippen LogP) is 4.12. The van der Waals surface area contributed by atoms with Gasteiger partial charge in [0, 0.05) is 18.5 Å². The Morgan fingerprint density at radius 3 is 2.45 bits per heavy atom. The first-order valence-electron chi connectivity index (χ1n) is 9.67. The van der Waals surface area contributed by atoms with Crippen LogP contribution in [0.2, 0.25) is 0 Å². The molecule has 10 heteroatoms. The first-order valence-corrected chi connectivity index (χ1v) is 11.2. The van der Waals surface area contributed by atoms with Gasteiger partial charge in [0.2, 0.25) is 0 Å². The normalized spacial score (nSPS) is 21.9. The molecule has 6 nitrogen and oxygen atoms in total. The largest absolute Gasteiger partial charge is 0.481 e. The van der Waals surface area contributed by atoms with Gasteiger partial charge in [-0.25, -0.2) is 8.42 Å². The van der Waals surface area contributed by atoms with Crippen LogP contribution in [0.15, 0.2) is 41.4 Å². The number of ether oxygens (including phenoxy) is 1. The maximum absolute atomic E-state index is 13.8. The highest BCUT2D eigenvalue weighted by Gasteiger charge is 2.47. The summed E-state index contributed by atoms with van der Waals surface area (Å²) >= 11 is 0. The highest BCUT2D eigenvalue weighted by Crippen LogP contribution is 2.42. The van der Waals surface area contributed by atoms with E-state index in [1.54, 1.807) is 19.9 Å². The Balaban J connectivity index is 2.06. The van der Waals surface area contributed by atoms with E-state index in [9.17, 15) is 31.5 Å². The molecule has 1 N–H and O–H groups in total. The second kappa shape index (κ2) is 8.58. The van der Waals surface area contributed by atoms with Gasteiger partial charge in [0.1, 0.15) is 0 Å². The topological polar surface area (TPSA) is 93.6 Å². The first-order chi connectivity index (χ1) is 14.4. The number of alkyl halides is 3. The molecule has 1 saturated carbocycles. The van der Waals surface area contributed by atoms with Crippen molar-refractivity contribution in [2.45, 2.75) is 49.1 Å². The fraction of sp³-hybridized carbons (Fsp3) is 0.429. The average molecular weight is 457 g/mol. The number of carboxylic acid groups (broad SMARTS) is 1. The minimum Gasteiger partial charge on any atom is -0.481 e. The van der Waals surface area contributed by atoms with Crippen molar-refractivity contribution in [2.75, 3.05) is 6.61 Å². The molecular weight excluding hydrogens is 435 g/mol. The van der Waals surface area contributed by atoms with Gasteiger partial charge in [-0.15, -0.1) is 0 Å². The van der Waals surface area contributed by atoms with Gasteiger partial charge in [0.05, 0.1) is 27.7 Å². The number of aromatic nitrogens is 1. The van der Waals surface area contributed by atoms with E-state index in [0.29, 0.717) is 11.3 Å². The number of benzene rings is 1. The molecule has 1 aliphatic rings. The van der Waals surface area contributed by atoms with E-state index in [0.717, 1.165) is 12.1 Å². The molecular formula is C21H22F3NO5S. The summed E-state index contributed by atoms with van der Waals surface area (Å²) in [6.45, 7) is 3.51. The molecule has 2 aromatic rings. The molecule has 0 bridgehead atoms. The molecule has 31 heavy (non-hydrogen) atoms. The van der Waals surface area contributed by atoms with Crippen molar-refractivity contribution in [2.24, 2.45) is 5.92 Å². The number of carboxylic acids is 1. The van der Waals surface area contributed by atoms with Gasteiger partial charge in [-0.1, -0.05) is 6.07 Å². The van der Waals surface area contributed by atoms with E-state index < -0.39 is 49.7 Å². The van der Waals surface area contributed by atoms with Crippen molar-refractivity contribution in [1.29, 1.82) is 0 Å². The smallest absolute Gasteiger partial charge is 0.417 e. The molecule has 3 atom stereocenters. The molecule has 0 unspecified atom stereocenters. The minimum absolute atomic E-state index is 0.171. The van der Waals surface area contributed by atoms with Crippen LogP contribution in [0, 0.1) is 12.8 Å². The maximum atomic E-state index is 13.8. The number of aliphatic carboxylic acids is 1. The lowest BCUT2D eigenvalue weighted by Crippen LogP contribution is -2.25. The standard InChI is InChI=1S/C21H22F3NO5S/c1-3-30-18-11-15(10-16(18)20(26)27)31(28,29)19-5-4-13(9-17(19)21(22,23)24)14-6-7-25-12(2)8-14/h4-9,15-16,18H,3,10-11H2,1-2H3,(H,26,27)/t15-,16-,18-/m0/s1. The van der Waals surface area contributed by atoms with Crippen molar-refractivity contribution in [3.63, 3.8) is 0 Å². The third-order valence-electron chi connectivity index (χ3n) is 5.42. The van der Waals surface area contributed by atoms with E-state index in [1.807, 2.05) is 0 Å². The van der Waals surface area contributed by atoms with E-state index >= 15 is 0 Å². The lowest BCUT2D eigenvalue weighted by atomic mass is 10.0. The van der Waals surface area contributed by atoms with Crippen LogP contribution in [-0.4, -0.2) is 42.4 Å². The zero-order valence-electron chi connectivity index (χ0n) is 16.9. The molecule has 168 valence electrons. The Bertz CT molecular complexity index is 1080. The number of hydrogen-bond donors (Lipinski definition) is 1. The fourth-order valence-corrected chi connectivity index (χ4v) is 5.95. The quantitative estimate of drug-likeness (QED) is 0.702. The fourth-order valence-electron chi connectivity index (χ4n) is 3.95. The summed E-state index contributed by atoms with van der Waals surface area (Å²) in [5, 5.41) is 8.10. The molecule has 0 aliphatic heterocycles. The zero-order chi connectivity index (χ0) is 23.0. The summed E-state index contributed by atoms with van der Waals surface area (Å²) in [5.74, 6) is -2.32. The molecule has 1 heterocycles. The van der Waals surface area contributed by atoms with Crippen molar-refractivity contribution in [3.8, 4) is 11.1 Å². The van der Waals surface area contributed by atoms with Gasteiger partial charge in [-0.3, -0.25) is 9.78 Å². The van der Waals surface area contributed by atoms with E-state index in [1.165, 1.54) is 18.3 Å². The Labute approximate surface area is 178 Å². The van der Waals surface area contributed by atoms with Crippen LogP contribution in [-0.2, 0) is 25.5 Å². The van der Waals surface area contributed by atoms with Gasteiger partial charge in [-0.2, -0.15) is 13.2 Å². The number of pyridine rings is 1.